The Kier molecular flexibility index (Phi) is 5.18. The molecule has 20 heavy (non-hydrogen) atoms. The lowest BCUT2D eigenvalue weighted by molar-refractivity contribution is 0.550. The van der Waals surface area contributed by atoms with Crippen molar-refractivity contribution in [1.29, 1.82) is 0 Å². The van der Waals surface area contributed by atoms with E-state index in [1.165, 1.54) is 3.57 Å². The SMILES string of the molecule is CC(C)CN(CC(C)C)c1ncnc2ccc(I)cc12. The summed E-state index contributed by atoms with van der Waals surface area (Å²) >= 11 is 2.34. The van der Waals surface area contributed by atoms with Crippen molar-refractivity contribution in [1.82, 2.24) is 9.97 Å². The molecular formula is C16H22IN3. The van der Waals surface area contributed by atoms with E-state index >= 15 is 0 Å². The van der Waals surface area contributed by atoms with Crippen LogP contribution in [-0.2, 0) is 0 Å². The van der Waals surface area contributed by atoms with Gasteiger partial charge in [-0.1, -0.05) is 27.7 Å². The Morgan fingerprint density at radius 1 is 1.05 bits per heavy atom. The molecule has 0 unspecified atom stereocenters. The van der Waals surface area contributed by atoms with Crippen LogP contribution < -0.4 is 4.90 Å². The zero-order valence-corrected chi connectivity index (χ0v) is 14.8. The van der Waals surface area contributed by atoms with Gasteiger partial charge >= 0.3 is 0 Å². The summed E-state index contributed by atoms with van der Waals surface area (Å²) in [7, 11) is 0. The lowest BCUT2D eigenvalue weighted by atomic mass is 10.1. The molecular weight excluding hydrogens is 361 g/mol. The number of aromatic nitrogens is 2. The summed E-state index contributed by atoms with van der Waals surface area (Å²) in [6.45, 7) is 11.0. The van der Waals surface area contributed by atoms with Crippen molar-refractivity contribution in [3.05, 3.63) is 28.1 Å². The third-order valence-electron chi connectivity index (χ3n) is 3.05. The van der Waals surface area contributed by atoms with Crippen LogP contribution in [0.3, 0.4) is 0 Å². The minimum absolute atomic E-state index is 0.613. The van der Waals surface area contributed by atoms with Crippen molar-refractivity contribution >= 4 is 39.3 Å². The van der Waals surface area contributed by atoms with E-state index in [0.29, 0.717) is 11.8 Å². The third-order valence-corrected chi connectivity index (χ3v) is 3.72. The summed E-state index contributed by atoms with van der Waals surface area (Å²) in [6, 6.07) is 6.35. The molecule has 0 N–H and O–H groups in total. The number of halogens is 1. The second-order valence-electron chi connectivity index (χ2n) is 6.05. The van der Waals surface area contributed by atoms with Crippen molar-refractivity contribution in [2.75, 3.05) is 18.0 Å². The van der Waals surface area contributed by atoms with Crippen molar-refractivity contribution in [2.24, 2.45) is 11.8 Å². The Balaban J connectivity index is 2.48. The van der Waals surface area contributed by atoms with Crippen molar-refractivity contribution in [3.63, 3.8) is 0 Å². The maximum absolute atomic E-state index is 4.57. The Morgan fingerprint density at radius 3 is 2.30 bits per heavy atom. The molecule has 2 rings (SSSR count). The Morgan fingerprint density at radius 2 is 1.70 bits per heavy atom. The summed E-state index contributed by atoms with van der Waals surface area (Å²) in [4.78, 5) is 11.3. The molecule has 0 aliphatic rings. The highest BCUT2D eigenvalue weighted by Gasteiger charge is 2.15. The summed E-state index contributed by atoms with van der Waals surface area (Å²) in [5.41, 5.74) is 1.02. The van der Waals surface area contributed by atoms with Crippen LogP contribution in [-0.4, -0.2) is 23.1 Å². The highest BCUT2D eigenvalue weighted by molar-refractivity contribution is 14.1. The highest BCUT2D eigenvalue weighted by atomic mass is 127. The predicted molar refractivity (Wildman–Crippen MR) is 94.1 cm³/mol. The first-order chi connectivity index (χ1) is 9.47. The van der Waals surface area contributed by atoms with Crippen molar-refractivity contribution in [2.45, 2.75) is 27.7 Å². The fourth-order valence-electron chi connectivity index (χ4n) is 2.40. The Bertz CT molecular complexity index is 571. The van der Waals surface area contributed by atoms with E-state index in [4.69, 9.17) is 0 Å². The number of hydrogen-bond donors (Lipinski definition) is 0. The first-order valence-corrected chi connectivity index (χ1v) is 8.20. The van der Waals surface area contributed by atoms with E-state index in [2.05, 4.69) is 83.4 Å². The molecule has 108 valence electrons. The predicted octanol–water partition coefficient (Wildman–Crippen LogP) is 4.35. The summed E-state index contributed by atoms with van der Waals surface area (Å²) < 4.78 is 1.22. The summed E-state index contributed by atoms with van der Waals surface area (Å²) in [5.74, 6) is 2.29. The van der Waals surface area contributed by atoms with Gasteiger partial charge in [-0.2, -0.15) is 0 Å². The van der Waals surface area contributed by atoms with Gasteiger partial charge in [0.1, 0.15) is 12.1 Å². The quantitative estimate of drug-likeness (QED) is 0.719. The van der Waals surface area contributed by atoms with Crippen LogP contribution in [0.15, 0.2) is 24.5 Å². The maximum atomic E-state index is 4.57. The number of rotatable bonds is 5. The molecule has 3 nitrogen and oxygen atoms in total. The molecule has 0 spiro atoms. The van der Waals surface area contributed by atoms with E-state index in [1.54, 1.807) is 6.33 Å². The fourth-order valence-corrected chi connectivity index (χ4v) is 2.89. The minimum Gasteiger partial charge on any atom is -0.355 e. The summed E-state index contributed by atoms with van der Waals surface area (Å²) in [6.07, 6.45) is 1.68. The van der Waals surface area contributed by atoms with Gasteiger partial charge in [0.05, 0.1) is 5.52 Å². The molecule has 0 aliphatic heterocycles. The average molecular weight is 383 g/mol. The van der Waals surface area contributed by atoms with E-state index in [9.17, 15) is 0 Å². The van der Waals surface area contributed by atoms with Crippen LogP contribution in [0.1, 0.15) is 27.7 Å². The zero-order chi connectivity index (χ0) is 14.7. The first-order valence-electron chi connectivity index (χ1n) is 7.12. The molecule has 2 aromatic rings. The monoisotopic (exact) mass is 383 g/mol. The van der Waals surface area contributed by atoms with Crippen LogP contribution in [0.5, 0.6) is 0 Å². The van der Waals surface area contributed by atoms with Crippen LogP contribution in [0, 0.1) is 15.4 Å². The standard InChI is InChI=1S/C16H22IN3/c1-11(2)8-20(9-12(3)4)16-14-7-13(17)5-6-15(14)18-10-19-16/h5-7,10-12H,8-9H2,1-4H3. The van der Waals surface area contributed by atoms with Crippen molar-refractivity contribution < 1.29 is 0 Å². The molecule has 0 aliphatic carbocycles. The lowest BCUT2D eigenvalue weighted by Crippen LogP contribution is -2.32. The molecule has 1 aromatic carbocycles. The van der Waals surface area contributed by atoms with Gasteiger partial charge in [0.2, 0.25) is 0 Å². The highest BCUT2D eigenvalue weighted by Crippen LogP contribution is 2.26. The number of fused-ring (bicyclic) bond motifs is 1. The largest absolute Gasteiger partial charge is 0.355 e. The number of anilines is 1. The fraction of sp³-hybridized carbons (Fsp3) is 0.500. The normalized spacial score (nSPS) is 11.6. The Hall–Kier alpha value is -0.910. The Labute approximate surface area is 134 Å². The molecule has 0 atom stereocenters. The molecule has 4 heteroatoms. The molecule has 0 fully saturated rings. The molecule has 0 amide bonds. The van der Waals surface area contributed by atoms with Gasteiger partial charge in [0, 0.05) is 22.0 Å². The van der Waals surface area contributed by atoms with Gasteiger partial charge in [-0.25, -0.2) is 9.97 Å². The van der Waals surface area contributed by atoms with E-state index in [-0.39, 0.29) is 0 Å². The molecule has 1 heterocycles. The zero-order valence-electron chi connectivity index (χ0n) is 12.6. The van der Waals surface area contributed by atoms with Gasteiger partial charge in [-0.05, 0) is 52.6 Å². The van der Waals surface area contributed by atoms with E-state index in [1.807, 2.05) is 0 Å². The lowest BCUT2D eigenvalue weighted by Gasteiger charge is -2.28. The number of nitrogens with zero attached hydrogens (tertiary/aromatic N) is 3. The van der Waals surface area contributed by atoms with Crippen LogP contribution in [0.2, 0.25) is 0 Å². The molecule has 0 saturated heterocycles. The molecule has 0 radical (unpaired) electrons. The van der Waals surface area contributed by atoms with E-state index in [0.717, 1.165) is 29.8 Å². The minimum atomic E-state index is 0.613. The van der Waals surface area contributed by atoms with E-state index < -0.39 is 0 Å². The maximum Gasteiger partial charge on any atom is 0.139 e. The smallest absolute Gasteiger partial charge is 0.139 e. The first kappa shape index (κ1) is 15.5. The van der Waals surface area contributed by atoms with Crippen LogP contribution >= 0.6 is 22.6 Å². The number of benzene rings is 1. The second kappa shape index (κ2) is 6.70. The molecule has 0 saturated carbocycles. The van der Waals surface area contributed by atoms with Gasteiger partial charge in [0.15, 0.2) is 0 Å². The third kappa shape index (κ3) is 3.81. The molecule has 1 aromatic heterocycles. The van der Waals surface area contributed by atoms with Crippen LogP contribution in [0.25, 0.3) is 10.9 Å². The van der Waals surface area contributed by atoms with Gasteiger partial charge in [-0.3, -0.25) is 0 Å². The van der Waals surface area contributed by atoms with Gasteiger partial charge < -0.3 is 4.90 Å². The van der Waals surface area contributed by atoms with Gasteiger partial charge in [-0.15, -0.1) is 0 Å². The average Bonchev–Trinajstić information content (AvgIpc) is 2.36. The van der Waals surface area contributed by atoms with Crippen LogP contribution in [0.4, 0.5) is 5.82 Å². The topological polar surface area (TPSA) is 29.0 Å². The number of hydrogen-bond acceptors (Lipinski definition) is 3. The summed E-state index contributed by atoms with van der Waals surface area (Å²) in [5, 5.41) is 1.15. The van der Waals surface area contributed by atoms with Gasteiger partial charge in [0.25, 0.3) is 0 Å². The molecule has 0 bridgehead atoms. The van der Waals surface area contributed by atoms with Crippen molar-refractivity contribution in [3.8, 4) is 0 Å². The second-order valence-corrected chi connectivity index (χ2v) is 7.30.